The van der Waals surface area contributed by atoms with Crippen LogP contribution >= 0.6 is 0 Å². The Morgan fingerprint density at radius 1 is 1.08 bits per heavy atom. The van der Waals surface area contributed by atoms with E-state index < -0.39 is 5.91 Å². The van der Waals surface area contributed by atoms with E-state index >= 15 is 0 Å². The number of amides is 2. The van der Waals surface area contributed by atoms with Crippen LogP contribution in [0.25, 0.3) is 23.0 Å². The van der Waals surface area contributed by atoms with Gasteiger partial charge in [-0.3, -0.25) is 14.5 Å². The summed E-state index contributed by atoms with van der Waals surface area (Å²) in [5.41, 5.74) is 3.87. The molecule has 38 heavy (non-hydrogen) atoms. The minimum absolute atomic E-state index is 0.0229. The summed E-state index contributed by atoms with van der Waals surface area (Å²) in [4.78, 5) is 28.2. The Labute approximate surface area is 222 Å². The summed E-state index contributed by atoms with van der Waals surface area (Å²) in [6.45, 7) is 4.34. The highest BCUT2D eigenvalue weighted by Crippen LogP contribution is 2.35. The van der Waals surface area contributed by atoms with Gasteiger partial charge in [0.25, 0.3) is 11.8 Å². The van der Waals surface area contributed by atoms with Crippen LogP contribution in [0.3, 0.4) is 0 Å². The van der Waals surface area contributed by atoms with Crippen molar-refractivity contribution in [3.05, 3.63) is 83.1 Å². The lowest BCUT2D eigenvalue weighted by atomic mass is 9.92. The summed E-state index contributed by atoms with van der Waals surface area (Å²) >= 11 is 0. The molecule has 1 saturated carbocycles. The Bertz CT molecular complexity index is 1470. The van der Waals surface area contributed by atoms with E-state index in [4.69, 9.17) is 9.84 Å². The number of imide groups is 1. The van der Waals surface area contributed by atoms with Crippen LogP contribution < -0.4 is 4.74 Å². The van der Waals surface area contributed by atoms with Gasteiger partial charge in [-0.1, -0.05) is 50.1 Å². The zero-order chi connectivity index (χ0) is 26.6. The molecule has 0 bridgehead atoms. The maximum absolute atomic E-state index is 13.7. The highest BCUT2D eigenvalue weighted by Gasteiger charge is 2.40. The molecule has 1 aromatic heterocycles. The maximum Gasteiger partial charge on any atom is 0.271 e. The Morgan fingerprint density at radius 3 is 2.55 bits per heavy atom. The number of ether oxygens (including phenoxy) is 1. The van der Waals surface area contributed by atoms with E-state index in [1.165, 1.54) is 4.90 Å². The fourth-order valence-corrected chi connectivity index (χ4v) is 5.13. The van der Waals surface area contributed by atoms with Crippen molar-refractivity contribution in [2.45, 2.75) is 52.0 Å². The first kappa shape index (κ1) is 25.2. The van der Waals surface area contributed by atoms with E-state index in [0.717, 1.165) is 49.1 Å². The Kier molecular flexibility index (Phi) is 7.23. The summed E-state index contributed by atoms with van der Waals surface area (Å²) in [6, 6.07) is 19.4. The molecule has 1 aliphatic heterocycles. The summed E-state index contributed by atoms with van der Waals surface area (Å²) in [7, 11) is 0. The molecule has 7 nitrogen and oxygen atoms in total. The van der Waals surface area contributed by atoms with Crippen LogP contribution in [0.15, 0.2) is 77.5 Å². The number of carbonyl (C=O) groups excluding carboxylic acids is 2. The average molecular weight is 507 g/mol. The molecular weight excluding hydrogens is 476 g/mol. The first-order valence-corrected chi connectivity index (χ1v) is 13.1. The van der Waals surface area contributed by atoms with Gasteiger partial charge in [-0.05, 0) is 62.1 Å². The molecule has 2 aliphatic rings. The van der Waals surface area contributed by atoms with Gasteiger partial charge in [0.2, 0.25) is 0 Å². The second kappa shape index (κ2) is 10.9. The van der Waals surface area contributed by atoms with Crippen molar-refractivity contribution in [2.24, 2.45) is 0 Å². The van der Waals surface area contributed by atoms with E-state index in [0.29, 0.717) is 29.0 Å². The van der Waals surface area contributed by atoms with Gasteiger partial charge in [0.1, 0.15) is 23.1 Å². The third-order valence-electron chi connectivity index (χ3n) is 7.11. The van der Waals surface area contributed by atoms with Crippen LogP contribution in [0.1, 0.15) is 51.5 Å². The number of hydrogen-bond acceptors (Lipinski definition) is 5. The number of aromatic nitrogens is 2. The first-order chi connectivity index (χ1) is 18.5. The van der Waals surface area contributed by atoms with Crippen molar-refractivity contribution in [1.29, 1.82) is 5.26 Å². The van der Waals surface area contributed by atoms with Crippen LogP contribution in [0.2, 0.25) is 0 Å². The number of para-hydroxylation sites is 1. The zero-order valence-corrected chi connectivity index (χ0v) is 21.7. The number of rotatable bonds is 7. The van der Waals surface area contributed by atoms with Gasteiger partial charge < -0.3 is 4.74 Å². The molecule has 3 aromatic rings. The number of benzene rings is 2. The predicted octanol–water partition coefficient (Wildman–Crippen LogP) is 5.86. The van der Waals surface area contributed by atoms with Crippen molar-refractivity contribution >= 4 is 17.9 Å². The minimum atomic E-state index is -0.486. The van der Waals surface area contributed by atoms with Gasteiger partial charge in [-0.2, -0.15) is 10.4 Å². The third-order valence-corrected chi connectivity index (χ3v) is 7.11. The molecule has 7 heteroatoms. The van der Waals surface area contributed by atoms with E-state index in [1.807, 2.05) is 60.8 Å². The van der Waals surface area contributed by atoms with E-state index in [1.54, 1.807) is 17.7 Å². The van der Waals surface area contributed by atoms with Gasteiger partial charge in [0.15, 0.2) is 0 Å². The van der Waals surface area contributed by atoms with Crippen LogP contribution in [0.4, 0.5) is 0 Å². The van der Waals surface area contributed by atoms with Gasteiger partial charge in [-0.15, -0.1) is 0 Å². The van der Waals surface area contributed by atoms with Crippen LogP contribution in [-0.2, 0) is 9.59 Å². The number of nitriles is 1. The van der Waals surface area contributed by atoms with Gasteiger partial charge in [0.05, 0.1) is 12.3 Å². The number of carbonyl (C=O) groups is 2. The zero-order valence-electron chi connectivity index (χ0n) is 21.7. The molecular formula is C31H30N4O3. The second-order valence-electron chi connectivity index (χ2n) is 9.68. The molecule has 0 unspecified atom stereocenters. The lowest BCUT2D eigenvalue weighted by molar-refractivity contribution is -0.143. The maximum atomic E-state index is 13.7. The quantitative estimate of drug-likeness (QED) is 0.296. The van der Waals surface area contributed by atoms with Crippen molar-refractivity contribution in [1.82, 2.24) is 14.7 Å². The summed E-state index contributed by atoms with van der Waals surface area (Å²) < 4.78 is 7.63. The third kappa shape index (κ3) is 4.78. The smallest absolute Gasteiger partial charge is 0.271 e. The van der Waals surface area contributed by atoms with Gasteiger partial charge >= 0.3 is 0 Å². The highest BCUT2D eigenvalue weighted by atomic mass is 16.5. The summed E-state index contributed by atoms with van der Waals surface area (Å²) in [6.07, 6.45) is 8.01. The van der Waals surface area contributed by atoms with Gasteiger partial charge in [0, 0.05) is 28.9 Å². The molecule has 1 aliphatic carbocycles. The van der Waals surface area contributed by atoms with Crippen molar-refractivity contribution < 1.29 is 14.3 Å². The van der Waals surface area contributed by atoms with Crippen molar-refractivity contribution in [3.8, 4) is 28.8 Å². The Balaban J connectivity index is 1.65. The number of hydrogen-bond donors (Lipinski definition) is 0. The fourth-order valence-electron chi connectivity index (χ4n) is 5.13. The number of nitrogens with zero attached hydrogens (tertiary/aromatic N) is 4. The minimum Gasteiger partial charge on any atom is -0.494 e. The topological polar surface area (TPSA) is 88.2 Å². The first-order valence-electron chi connectivity index (χ1n) is 13.1. The molecule has 2 heterocycles. The second-order valence-corrected chi connectivity index (χ2v) is 9.68. The molecule has 5 rings (SSSR count). The summed E-state index contributed by atoms with van der Waals surface area (Å²) in [5.74, 6) is -0.0938. The molecule has 0 N–H and O–H groups in total. The van der Waals surface area contributed by atoms with Gasteiger partial charge in [-0.25, -0.2) is 4.68 Å². The molecule has 0 spiro atoms. The van der Waals surface area contributed by atoms with E-state index in [2.05, 4.69) is 13.0 Å². The molecule has 0 atom stereocenters. The van der Waals surface area contributed by atoms with Crippen molar-refractivity contribution in [2.75, 3.05) is 6.61 Å². The average Bonchev–Trinajstić information content (AvgIpc) is 3.62. The van der Waals surface area contributed by atoms with E-state index in [-0.39, 0.29) is 17.5 Å². The standard InChI is InChI=1S/C31H30N4O3/c1-3-16-38-26-15-9-10-22(17-26)29-23(20-34(33-29)24-11-5-4-6-12-24)18-27-21(2)28(19-32)31(37)35(30(27)36)25-13-7-8-14-25/h4-6,9-12,15,17-18,20,25H,3,7-8,13-14,16H2,1-2H3/b27-18+. The molecule has 1 fully saturated rings. The fraction of sp³-hybridized carbons (Fsp3) is 0.290. The van der Waals surface area contributed by atoms with Crippen molar-refractivity contribution in [3.63, 3.8) is 0 Å². The molecule has 0 saturated heterocycles. The van der Waals surface area contributed by atoms with Crippen LogP contribution in [0, 0.1) is 11.3 Å². The Morgan fingerprint density at radius 2 is 1.84 bits per heavy atom. The molecule has 2 aromatic carbocycles. The Hall–Kier alpha value is -4.44. The molecule has 0 radical (unpaired) electrons. The van der Waals surface area contributed by atoms with Crippen LogP contribution in [-0.4, -0.2) is 39.1 Å². The summed E-state index contributed by atoms with van der Waals surface area (Å²) in [5, 5.41) is 14.7. The monoisotopic (exact) mass is 506 g/mol. The van der Waals surface area contributed by atoms with E-state index in [9.17, 15) is 14.9 Å². The lowest BCUT2D eigenvalue weighted by Crippen LogP contribution is -2.47. The SMILES string of the molecule is CCCOc1cccc(-c2nn(-c3ccccc3)cc2/C=C2/C(=O)N(C3CCCC3)C(=O)C(C#N)=C2C)c1. The highest BCUT2D eigenvalue weighted by molar-refractivity contribution is 6.20. The normalized spacial score (nSPS) is 17.4. The predicted molar refractivity (Wildman–Crippen MR) is 145 cm³/mol. The largest absolute Gasteiger partial charge is 0.494 e. The molecule has 192 valence electrons. The van der Waals surface area contributed by atoms with Crippen LogP contribution in [0.5, 0.6) is 5.75 Å². The lowest BCUT2D eigenvalue weighted by Gasteiger charge is -2.32. The molecule has 2 amide bonds.